The monoisotopic (exact) mass is 286 g/mol. The number of carbonyl (C=O) groups is 1. The van der Waals surface area contributed by atoms with Crippen LogP contribution in [-0.2, 0) is 11.3 Å². The molecule has 0 bridgehead atoms. The van der Waals surface area contributed by atoms with Gasteiger partial charge in [0.15, 0.2) is 10.6 Å². The fourth-order valence-electron chi connectivity index (χ4n) is 1.82. The highest BCUT2D eigenvalue weighted by Gasteiger charge is 2.11. The third kappa shape index (κ3) is 3.13. The van der Waals surface area contributed by atoms with Gasteiger partial charge in [0.1, 0.15) is 6.54 Å². The minimum absolute atomic E-state index is 0.0836. The summed E-state index contributed by atoms with van der Waals surface area (Å²) < 4.78 is 2.05. The van der Waals surface area contributed by atoms with Gasteiger partial charge in [0.25, 0.3) is 0 Å². The third-order valence-electron chi connectivity index (χ3n) is 2.72. The fraction of sp³-hybridized carbons (Fsp3) is 0.214. The molecule has 0 atom stereocenters. The van der Waals surface area contributed by atoms with E-state index in [1.54, 1.807) is 4.57 Å². The van der Waals surface area contributed by atoms with Crippen molar-refractivity contribution >= 4 is 18.1 Å². The number of rotatable bonds is 4. The lowest BCUT2D eigenvalue weighted by molar-refractivity contribution is -0.121. The molecule has 0 aliphatic rings. The smallest absolute Gasteiger partial charge is 0.240 e. The average molecular weight is 286 g/mol. The van der Waals surface area contributed by atoms with Crippen molar-refractivity contribution in [2.45, 2.75) is 13.5 Å². The van der Waals surface area contributed by atoms with Crippen LogP contribution in [0, 0.1) is 24.0 Å². The Balaban J connectivity index is 2.31. The normalized spacial score (nSPS) is 10.0. The molecule has 0 spiro atoms. The maximum atomic E-state index is 11.8. The summed E-state index contributed by atoms with van der Waals surface area (Å²) in [6, 6.07) is 7.84. The molecule has 1 amide bonds. The molecule has 0 unspecified atom stereocenters. The largest absolute Gasteiger partial charge is 0.344 e. The summed E-state index contributed by atoms with van der Waals surface area (Å²) in [6.07, 6.45) is 5.11. The van der Waals surface area contributed by atoms with E-state index in [9.17, 15) is 4.79 Å². The molecule has 102 valence electrons. The van der Waals surface area contributed by atoms with Crippen LogP contribution in [-0.4, -0.2) is 27.2 Å². The van der Waals surface area contributed by atoms with Gasteiger partial charge < -0.3 is 5.32 Å². The molecule has 1 aromatic carbocycles. The van der Waals surface area contributed by atoms with Crippen molar-refractivity contribution < 1.29 is 4.79 Å². The lowest BCUT2D eigenvalue weighted by Gasteiger charge is -2.07. The number of aromatic nitrogens is 3. The number of terminal acetylenes is 1. The van der Waals surface area contributed by atoms with Crippen molar-refractivity contribution in [2.75, 3.05) is 6.54 Å². The van der Waals surface area contributed by atoms with Gasteiger partial charge in [-0.15, -0.1) is 6.42 Å². The van der Waals surface area contributed by atoms with Crippen LogP contribution >= 0.6 is 12.2 Å². The molecule has 0 saturated heterocycles. The van der Waals surface area contributed by atoms with Gasteiger partial charge in [0, 0.05) is 5.56 Å². The SMILES string of the molecule is C#CCNC(=O)Cn1c(-c2cccc(C)c2)n[nH]c1=S. The Bertz CT molecular complexity index is 723. The van der Waals surface area contributed by atoms with Gasteiger partial charge in [-0.2, -0.15) is 5.10 Å². The van der Waals surface area contributed by atoms with E-state index >= 15 is 0 Å². The predicted octanol–water partition coefficient (Wildman–Crippen LogP) is 1.67. The van der Waals surface area contributed by atoms with E-state index < -0.39 is 0 Å². The summed E-state index contributed by atoms with van der Waals surface area (Å²) in [6.45, 7) is 2.28. The average Bonchev–Trinajstić information content (AvgIpc) is 2.78. The standard InChI is InChI=1S/C14H14N4OS/c1-3-7-15-12(19)9-18-13(16-17-14(18)20)11-6-4-5-10(2)8-11/h1,4-6,8H,7,9H2,2H3,(H,15,19)(H,17,20). The van der Waals surface area contributed by atoms with Crippen LogP contribution in [0.4, 0.5) is 0 Å². The molecule has 6 heteroatoms. The van der Waals surface area contributed by atoms with E-state index in [4.69, 9.17) is 18.6 Å². The number of nitrogens with zero attached hydrogens (tertiary/aromatic N) is 2. The van der Waals surface area contributed by atoms with Crippen molar-refractivity contribution in [3.05, 3.63) is 34.6 Å². The Hall–Kier alpha value is -2.39. The summed E-state index contributed by atoms with van der Waals surface area (Å²) in [7, 11) is 0. The summed E-state index contributed by atoms with van der Waals surface area (Å²) >= 11 is 5.16. The van der Waals surface area contributed by atoms with E-state index in [0.717, 1.165) is 11.1 Å². The first-order valence-corrected chi connectivity index (χ1v) is 6.45. The van der Waals surface area contributed by atoms with E-state index in [1.165, 1.54) is 0 Å². The zero-order valence-corrected chi connectivity index (χ0v) is 11.8. The van der Waals surface area contributed by atoms with Crippen LogP contribution in [0.1, 0.15) is 5.56 Å². The van der Waals surface area contributed by atoms with Gasteiger partial charge in [0.05, 0.1) is 6.54 Å². The molecule has 0 radical (unpaired) electrons. The minimum atomic E-state index is -0.200. The van der Waals surface area contributed by atoms with Crippen molar-refractivity contribution in [1.29, 1.82) is 0 Å². The summed E-state index contributed by atoms with van der Waals surface area (Å²) in [5.41, 5.74) is 2.02. The van der Waals surface area contributed by atoms with Crippen LogP contribution < -0.4 is 5.32 Å². The number of amides is 1. The molecule has 2 N–H and O–H groups in total. The van der Waals surface area contributed by atoms with Crippen LogP contribution in [0.3, 0.4) is 0 Å². The number of H-pyrrole nitrogens is 1. The molecular formula is C14H14N4OS. The highest BCUT2D eigenvalue weighted by atomic mass is 32.1. The number of benzene rings is 1. The number of carbonyl (C=O) groups excluding carboxylic acids is 1. The lowest BCUT2D eigenvalue weighted by atomic mass is 10.1. The first-order valence-electron chi connectivity index (χ1n) is 6.04. The summed E-state index contributed by atoms with van der Waals surface area (Å²) in [4.78, 5) is 11.8. The third-order valence-corrected chi connectivity index (χ3v) is 3.04. The second-order valence-corrected chi connectivity index (χ2v) is 4.68. The van der Waals surface area contributed by atoms with Crippen LogP contribution in [0.15, 0.2) is 24.3 Å². The van der Waals surface area contributed by atoms with E-state index in [2.05, 4.69) is 21.4 Å². The van der Waals surface area contributed by atoms with Gasteiger partial charge in [-0.25, -0.2) is 0 Å². The topological polar surface area (TPSA) is 62.7 Å². The maximum Gasteiger partial charge on any atom is 0.240 e. The molecule has 5 nitrogen and oxygen atoms in total. The van der Waals surface area contributed by atoms with Crippen LogP contribution in [0.25, 0.3) is 11.4 Å². The number of nitrogens with one attached hydrogen (secondary N) is 2. The minimum Gasteiger partial charge on any atom is -0.344 e. The zero-order chi connectivity index (χ0) is 14.5. The van der Waals surface area contributed by atoms with Crippen molar-refractivity contribution in [3.63, 3.8) is 0 Å². The lowest BCUT2D eigenvalue weighted by Crippen LogP contribution is -2.28. The molecule has 2 rings (SSSR count). The highest BCUT2D eigenvalue weighted by Crippen LogP contribution is 2.18. The first kappa shape index (κ1) is 14.0. The number of hydrogen-bond acceptors (Lipinski definition) is 3. The van der Waals surface area contributed by atoms with Crippen LogP contribution in [0.5, 0.6) is 0 Å². The maximum absolute atomic E-state index is 11.8. The van der Waals surface area contributed by atoms with Gasteiger partial charge in [-0.1, -0.05) is 29.7 Å². The molecule has 20 heavy (non-hydrogen) atoms. The quantitative estimate of drug-likeness (QED) is 0.664. The molecule has 0 saturated carbocycles. The first-order chi connectivity index (χ1) is 9.61. The Morgan fingerprint density at radius 2 is 2.40 bits per heavy atom. The highest BCUT2D eigenvalue weighted by molar-refractivity contribution is 7.71. The second kappa shape index (κ2) is 6.17. The summed E-state index contributed by atoms with van der Waals surface area (Å²) in [5.74, 6) is 2.79. The van der Waals surface area contributed by atoms with Crippen molar-refractivity contribution in [2.24, 2.45) is 0 Å². The van der Waals surface area contributed by atoms with Gasteiger partial charge in [-0.05, 0) is 25.2 Å². The Morgan fingerprint density at radius 3 is 3.10 bits per heavy atom. The van der Waals surface area contributed by atoms with Crippen molar-refractivity contribution in [3.8, 4) is 23.7 Å². The number of aromatic amines is 1. The molecule has 0 aliphatic carbocycles. The molecule has 1 aromatic heterocycles. The van der Waals surface area contributed by atoms with E-state index in [0.29, 0.717) is 10.6 Å². The Kier molecular flexibility index (Phi) is 4.33. The molecule has 2 aromatic rings. The zero-order valence-electron chi connectivity index (χ0n) is 11.0. The molecule has 0 aliphatic heterocycles. The predicted molar refractivity (Wildman–Crippen MR) is 79.4 cm³/mol. The second-order valence-electron chi connectivity index (χ2n) is 4.29. The molecule has 0 fully saturated rings. The van der Waals surface area contributed by atoms with E-state index in [-0.39, 0.29) is 19.0 Å². The Labute approximate surface area is 122 Å². The van der Waals surface area contributed by atoms with Crippen LogP contribution in [0.2, 0.25) is 0 Å². The Morgan fingerprint density at radius 1 is 1.60 bits per heavy atom. The molecular weight excluding hydrogens is 272 g/mol. The van der Waals surface area contributed by atoms with Crippen molar-refractivity contribution in [1.82, 2.24) is 20.1 Å². The number of hydrogen-bond donors (Lipinski definition) is 2. The molecule has 1 heterocycles. The van der Waals surface area contributed by atoms with E-state index in [1.807, 2.05) is 31.2 Å². The van der Waals surface area contributed by atoms with Gasteiger partial charge in [0.2, 0.25) is 5.91 Å². The van der Waals surface area contributed by atoms with Gasteiger partial charge >= 0.3 is 0 Å². The summed E-state index contributed by atoms with van der Waals surface area (Å²) in [5, 5.41) is 9.50. The number of aryl methyl sites for hydroxylation is 1. The van der Waals surface area contributed by atoms with Gasteiger partial charge in [-0.3, -0.25) is 14.5 Å². The fourth-order valence-corrected chi connectivity index (χ4v) is 2.01.